The normalized spacial score (nSPS) is 20.5. The van der Waals surface area contributed by atoms with Crippen LogP contribution in [-0.4, -0.2) is 17.4 Å². The zero-order chi connectivity index (χ0) is 17.2. The van der Waals surface area contributed by atoms with Crippen molar-refractivity contribution in [2.75, 3.05) is 6.54 Å². The first kappa shape index (κ1) is 16.4. The summed E-state index contributed by atoms with van der Waals surface area (Å²) in [6.07, 6.45) is 6.74. The number of hydrogen-bond donors (Lipinski definition) is 0. The zero-order valence-electron chi connectivity index (χ0n) is 15.1. The molecule has 1 amide bonds. The van der Waals surface area contributed by atoms with Crippen LogP contribution in [0.4, 0.5) is 0 Å². The van der Waals surface area contributed by atoms with Gasteiger partial charge in [-0.25, -0.2) is 0 Å². The largest absolute Gasteiger partial charge is 0.331 e. The van der Waals surface area contributed by atoms with Crippen molar-refractivity contribution in [2.24, 2.45) is 5.92 Å². The molecule has 2 heteroatoms. The van der Waals surface area contributed by atoms with E-state index in [4.69, 9.17) is 0 Å². The predicted molar refractivity (Wildman–Crippen MR) is 101 cm³/mol. The second-order valence-corrected chi connectivity index (χ2v) is 7.70. The van der Waals surface area contributed by atoms with Crippen molar-refractivity contribution >= 4 is 5.91 Å². The van der Waals surface area contributed by atoms with E-state index in [-0.39, 0.29) is 6.04 Å². The fourth-order valence-electron chi connectivity index (χ4n) is 4.52. The highest BCUT2D eigenvalue weighted by Gasteiger charge is 2.33. The fourth-order valence-corrected chi connectivity index (χ4v) is 4.52. The summed E-state index contributed by atoms with van der Waals surface area (Å²) >= 11 is 0. The summed E-state index contributed by atoms with van der Waals surface area (Å²) in [5, 5.41) is 0. The van der Waals surface area contributed by atoms with Crippen LogP contribution in [0, 0.1) is 12.8 Å². The van der Waals surface area contributed by atoms with Crippen molar-refractivity contribution in [2.45, 2.75) is 51.5 Å². The van der Waals surface area contributed by atoms with Gasteiger partial charge in [-0.3, -0.25) is 4.79 Å². The highest BCUT2D eigenvalue weighted by molar-refractivity contribution is 5.78. The lowest BCUT2D eigenvalue weighted by Crippen LogP contribution is -2.41. The third kappa shape index (κ3) is 3.35. The molecular formula is C23H27NO. The van der Waals surface area contributed by atoms with Crippen molar-refractivity contribution < 1.29 is 4.79 Å². The number of benzene rings is 2. The molecule has 4 rings (SSSR count). The maximum atomic E-state index is 13.1. The molecule has 1 aliphatic carbocycles. The average molecular weight is 333 g/mol. The molecule has 1 aliphatic heterocycles. The van der Waals surface area contributed by atoms with Crippen LogP contribution in [-0.2, 0) is 11.2 Å². The van der Waals surface area contributed by atoms with E-state index >= 15 is 0 Å². The Morgan fingerprint density at radius 2 is 1.76 bits per heavy atom. The van der Waals surface area contributed by atoms with Gasteiger partial charge in [0, 0.05) is 13.0 Å². The first-order valence-corrected chi connectivity index (χ1v) is 9.66. The SMILES string of the molecule is Cc1ccc([C@@H]2c3ccccc3CCN2C(=O)CC2CCCC2)cc1. The number of hydrogen-bond acceptors (Lipinski definition) is 1. The molecule has 0 aromatic heterocycles. The molecule has 1 atom stereocenters. The average Bonchev–Trinajstić information content (AvgIpc) is 3.14. The van der Waals surface area contributed by atoms with Gasteiger partial charge in [0.2, 0.25) is 5.91 Å². The summed E-state index contributed by atoms with van der Waals surface area (Å²) in [7, 11) is 0. The van der Waals surface area contributed by atoms with Gasteiger partial charge in [0.25, 0.3) is 0 Å². The van der Waals surface area contributed by atoms with Gasteiger partial charge in [0.1, 0.15) is 0 Å². The minimum Gasteiger partial charge on any atom is -0.331 e. The molecule has 130 valence electrons. The molecule has 1 saturated carbocycles. The minimum absolute atomic E-state index is 0.0689. The Morgan fingerprint density at radius 1 is 1.04 bits per heavy atom. The summed E-state index contributed by atoms with van der Waals surface area (Å²) in [5.41, 5.74) is 5.18. The summed E-state index contributed by atoms with van der Waals surface area (Å²) in [6, 6.07) is 17.4. The van der Waals surface area contributed by atoms with Gasteiger partial charge in [0.15, 0.2) is 0 Å². The molecule has 25 heavy (non-hydrogen) atoms. The highest BCUT2D eigenvalue weighted by atomic mass is 16.2. The van der Waals surface area contributed by atoms with Crippen molar-refractivity contribution in [3.8, 4) is 0 Å². The molecule has 0 saturated heterocycles. The quantitative estimate of drug-likeness (QED) is 0.770. The van der Waals surface area contributed by atoms with E-state index in [0.29, 0.717) is 11.8 Å². The number of aryl methyl sites for hydroxylation is 1. The van der Waals surface area contributed by atoms with Crippen molar-refractivity contribution in [3.05, 3.63) is 70.8 Å². The number of nitrogens with zero attached hydrogens (tertiary/aromatic N) is 1. The van der Waals surface area contributed by atoms with Gasteiger partial charge >= 0.3 is 0 Å². The Labute approximate surface area is 150 Å². The van der Waals surface area contributed by atoms with Crippen LogP contribution in [0.3, 0.4) is 0 Å². The molecule has 2 nitrogen and oxygen atoms in total. The highest BCUT2D eigenvalue weighted by Crippen LogP contribution is 2.37. The van der Waals surface area contributed by atoms with Crippen LogP contribution in [0.2, 0.25) is 0 Å². The van der Waals surface area contributed by atoms with Gasteiger partial charge in [-0.1, -0.05) is 66.9 Å². The van der Waals surface area contributed by atoms with E-state index in [9.17, 15) is 4.79 Å². The van der Waals surface area contributed by atoms with Crippen molar-refractivity contribution in [1.82, 2.24) is 4.90 Å². The molecule has 0 radical (unpaired) electrons. The second kappa shape index (κ2) is 7.03. The monoisotopic (exact) mass is 333 g/mol. The topological polar surface area (TPSA) is 20.3 Å². The Hall–Kier alpha value is -2.09. The maximum absolute atomic E-state index is 13.1. The number of fused-ring (bicyclic) bond motifs is 1. The molecular weight excluding hydrogens is 306 g/mol. The van der Waals surface area contributed by atoms with Crippen LogP contribution in [0.1, 0.15) is 60.4 Å². The fraction of sp³-hybridized carbons (Fsp3) is 0.435. The van der Waals surface area contributed by atoms with E-state index in [1.54, 1.807) is 0 Å². The summed E-state index contributed by atoms with van der Waals surface area (Å²) in [5.74, 6) is 0.940. The van der Waals surface area contributed by atoms with Crippen LogP contribution in [0.25, 0.3) is 0 Å². The molecule has 1 heterocycles. The van der Waals surface area contributed by atoms with E-state index in [1.807, 2.05) is 0 Å². The number of amides is 1. The molecule has 1 fully saturated rings. The second-order valence-electron chi connectivity index (χ2n) is 7.70. The predicted octanol–water partition coefficient (Wildman–Crippen LogP) is 5.05. The van der Waals surface area contributed by atoms with E-state index in [1.165, 1.54) is 47.9 Å². The number of carbonyl (C=O) groups excluding carboxylic acids is 1. The lowest BCUT2D eigenvalue weighted by atomic mass is 9.87. The lowest BCUT2D eigenvalue weighted by Gasteiger charge is -2.38. The zero-order valence-corrected chi connectivity index (χ0v) is 15.1. The van der Waals surface area contributed by atoms with Gasteiger partial charge in [-0.2, -0.15) is 0 Å². The third-order valence-electron chi connectivity index (χ3n) is 5.93. The third-order valence-corrected chi connectivity index (χ3v) is 5.93. The maximum Gasteiger partial charge on any atom is 0.223 e. The summed E-state index contributed by atoms with van der Waals surface area (Å²) < 4.78 is 0. The Balaban J connectivity index is 1.67. The van der Waals surface area contributed by atoms with E-state index in [0.717, 1.165) is 19.4 Å². The van der Waals surface area contributed by atoms with Gasteiger partial charge in [-0.15, -0.1) is 0 Å². The van der Waals surface area contributed by atoms with Gasteiger partial charge < -0.3 is 4.90 Å². The molecule has 0 unspecified atom stereocenters. The van der Waals surface area contributed by atoms with E-state index in [2.05, 4.69) is 60.4 Å². The van der Waals surface area contributed by atoms with Crippen LogP contribution in [0.15, 0.2) is 48.5 Å². The Kier molecular flexibility index (Phi) is 4.61. The molecule has 2 aromatic carbocycles. The molecule has 2 aromatic rings. The summed E-state index contributed by atoms with van der Waals surface area (Å²) in [4.78, 5) is 15.3. The minimum atomic E-state index is 0.0689. The van der Waals surface area contributed by atoms with Gasteiger partial charge in [0.05, 0.1) is 6.04 Å². The number of rotatable bonds is 3. The first-order valence-electron chi connectivity index (χ1n) is 9.66. The van der Waals surface area contributed by atoms with Crippen molar-refractivity contribution in [3.63, 3.8) is 0 Å². The lowest BCUT2D eigenvalue weighted by molar-refractivity contribution is -0.134. The molecule has 2 aliphatic rings. The Bertz CT molecular complexity index is 743. The summed E-state index contributed by atoms with van der Waals surface area (Å²) in [6.45, 7) is 2.95. The number of carbonyl (C=O) groups is 1. The van der Waals surface area contributed by atoms with Crippen LogP contribution >= 0.6 is 0 Å². The van der Waals surface area contributed by atoms with Crippen LogP contribution in [0.5, 0.6) is 0 Å². The molecule has 0 N–H and O–H groups in total. The molecule has 0 bridgehead atoms. The standard InChI is InChI=1S/C23H27NO/c1-17-10-12-20(13-11-17)23-21-9-5-4-8-19(21)14-15-24(23)22(25)16-18-6-2-3-7-18/h4-5,8-13,18,23H,2-3,6-7,14-16H2,1H3/t23-/m1/s1. The van der Waals surface area contributed by atoms with E-state index < -0.39 is 0 Å². The first-order chi connectivity index (χ1) is 12.2. The van der Waals surface area contributed by atoms with Crippen LogP contribution < -0.4 is 0 Å². The smallest absolute Gasteiger partial charge is 0.223 e. The van der Waals surface area contributed by atoms with Crippen molar-refractivity contribution in [1.29, 1.82) is 0 Å². The molecule has 0 spiro atoms. The van der Waals surface area contributed by atoms with Gasteiger partial charge in [-0.05, 0) is 48.8 Å². The Morgan fingerprint density at radius 3 is 2.52 bits per heavy atom.